The second kappa shape index (κ2) is 6.08. The fraction of sp³-hybridized carbons (Fsp3) is 0.538. The Balaban J connectivity index is 2.30. The molecule has 2 rings (SSSR count). The smallest absolute Gasteiger partial charge is 0.269 e. The van der Waals surface area contributed by atoms with E-state index in [-0.39, 0.29) is 23.2 Å². The van der Waals surface area contributed by atoms with Crippen molar-refractivity contribution in [1.29, 1.82) is 0 Å². The lowest BCUT2D eigenvalue weighted by atomic mass is 9.94. The minimum atomic E-state index is -3.66. The lowest BCUT2D eigenvalue weighted by Gasteiger charge is -2.36. The van der Waals surface area contributed by atoms with E-state index in [0.29, 0.717) is 12.5 Å². The predicted molar refractivity (Wildman–Crippen MR) is 78.2 cm³/mol. The predicted octanol–water partition coefficient (Wildman–Crippen LogP) is 1.34. The summed E-state index contributed by atoms with van der Waals surface area (Å²) in [5.41, 5.74) is 5.57. The molecule has 2 atom stereocenters. The topological polar surface area (TPSA) is 107 Å². The third kappa shape index (κ3) is 3.22. The van der Waals surface area contributed by atoms with Crippen molar-refractivity contribution < 1.29 is 13.3 Å². The molecule has 1 aliphatic heterocycles. The normalized spacial score (nSPS) is 23.9. The average molecular weight is 313 g/mol. The molecule has 0 amide bonds. The molecule has 7 nitrogen and oxygen atoms in total. The van der Waals surface area contributed by atoms with Crippen molar-refractivity contribution in [3.05, 3.63) is 34.4 Å². The van der Waals surface area contributed by atoms with Crippen molar-refractivity contribution in [3.63, 3.8) is 0 Å². The molecule has 1 aromatic carbocycles. The first kappa shape index (κ1) is 15.9. The van der Waals surface area contributed by atoms with E-state index in [0.717, 1.165) is 12.8 Å². The van der Waals surface area contributed by atoms with Gasteiger partial charge in [-0.15, -0.1) is 0 Å². The number of nitrogens with zero attached hydrogens (tertiary/aromatic N) is 2. The third-order valence-corrected chi connectivity index (χ3v) is 5.82. The van der Waals surface area contributed by atoms with E-state index in [2.05, 4.69) is 6.92 Å². The zero-order valence-corrected chi connectivity index (χ0v) is 12.6. The Kier molecular flexibility index (Phi) is 4.60. The van der Waals surface area contributed by atoms with Crippen LogP contribution in [0.2, 0.25) is 0 Å². The summed E-state index contributed by atoms with van der Waals surface area (Å²) in [7, 11) is -3.66. The second-order valence-corrected chi connectivity index (χ2v) is 7.28. The van der Waals surface area contributed by atoms with Gasteiger partial charge in [-0.3, -0.25) is 10.1 Å². The molecule has 2 N–H and O–H groups in total. The third-order valence-electron chi connectivity index (χ3n) is 3.85. The molecular formula is C13H19N3O4S. The molecule has 0 spiro atoms. The van der Waals surface area contributed by atoms with E-state index < -0.39 is 14.9 Å². The highest BCUT2D eigenvalue weighted by molar-refractivity contribution is 7.89. The van der Waals surface area contributed by atoms with Crippen LogP contribution < -0.4 is 5.73 Å². The fourth-order valence-electron chi connectivity index (χ4n) is 2.64. The van der Waals surface area contributed by atoms with Gasteiger partial charge < -0.3 is 5.73 Å². The number of piperidine rings is 1. The van der Waals surface area contributed by atoms with Crippen LogP contribution in [0.1, 0.15) is 19.8 Å². The molecule has 0 unspecified atom stereocenters. The summed E-state index contributed by atoms with van der Waals surface area (Å²) >= 11 is 0. The van der Waals surface area contributed by atoms with Crippen molar-refractivity contribution in [2.24, 2.45) is 11.7 Å². The number of hydrogen-bond donors (Lipinski definition) is 1. The van der Waals surface area contributed by atoms with Crippen molar-refractivity contribution in [1.82, 2.24) is 4.31 Å². The molecule has 1 fully saturated rings. The molecule has 0 aromatic heterocycles. The number of nitrogens with two attached hydrogens (primary N) is 1. The van der Waals surface area contributed by atoms with Gasteiger partial charge in [0.05, 0.1) is 9.82 Å². The SMILES string of the molecule is C[C@@H]1CCN(S(=O)(=O)c2ccc([N+](=O)[O-])cc2)[C@H](CN)C1. The van der Waals surface area contributed by atoms with E-state index in [1.165, 1.54) is 28.6 Å². The fourth-order valence-corrected chi connectivity index (χ4v) is 4.30. The highest BCUT2D eigenvalue weighted by Gasteiger charge is 2.35. The Morgan fingerprint density at radius 3 is 2.52 bits per heavy atom. The molecule has 0 bridgehead atoms. The molecule has 21 heavy (non-hydrogen) atoms. The van der Waals surface area contributed by atoms with Crippen LogP contribution in [0.15, 0.2) is 29.2 Å². The molecule has 1 aromatic rings. The molecule has 0 radical (unpaired) electrons. The molecule has 1 heterocycles. The van der Waals surface area contributed by atoms with Crippen LogP contribution in [-0.2, 0) is 10.0 Å². The van der Waals surface area contributed by atoms with Crippen molar-refractivity contribution >= 4 is 15.7 Å². The number of nitro benzene ring substituents is 1. The summed E-state index contributed by atoms with van der Waals surface area (Å²) in [4.78, 5) is 10.1. The van der Waals surface area contributed by atoms with Gasteiger partial charge in [-0.25, -0.2) is 8.42 Å². The summed E-state index contributed by atoms with van der Waals surface area (Å²) in [6, 6.07) is 4.75. The lowest BCUT2D eigenvalue weighted by Crippen LogP contribution is -2.49. The average Bonchev–Trinajstić information content (AvgIpc) is 2.46. The molecular weight excluding hydrogens is 294 g/mol. The largest absolute Gasteiger partial charge is 0.329 e. The first-order chi connectivity index (χ1) is 9.86. The van der Waals surface area contributed by atoms with Crippen molar-refractivity contribution in [3.8, 4) is 0 Å². The van der Waals surface area contributed by atoms with Crippen molar-refractivity contribution in [2.75, 3.05) is 13.1 Å². The minimum absolute atomic E-state index is 0.0705. The van der Waals surface area contributed by atoms with E-state index in [9.17, 15) is 18.5 Å². The van der Waals surface area contributed by atoms with Gasteiger partial charge in [0, 0.05) is 31.3 Å². The molecule has 1 aliphatic rings. The molecule has 0 saturated carbocycles. The highest BCUT2D eigenvalue weighted by atomic mass is 32.2. The van der Waals surface area contributed by atoms with E-state index in [1.807, 2.05) is 0 Å². The monoisotopic (exact) mass is 313 g/mol. The summed E-state index contributed by atoms with van der Waals surface area (Å²) in [6.07, 6.45) is 1.53. The summed E-state index contributed by atoms with van der Waals surface area (Å²) in [5, 5.41) is 10.6. The quantitative estimate of drug-likeness (QED) is 0.667. The summed E-state index contributed by atoms with van der Waals surface area (Å²) in [6.45, 7) is 2.79. The Morgan fingerprint density at radius 2 is 2.00 bits per heavy atom. The van der Waals surface area contributed by atoms with Crippen LogP contribution in [0.4, 0.5) is 5.69 Å². The van der Waals surface area contributed by atoms with Crippen molar-refractivity contribution in [2.45, 2.75) is 30.7 Å². The zero-order valence-electron chi connectivity index (χ0n) is 11.8. The second-order valence-electron chi connectivity index (χ2n) is 5.39. The van der Waals surface area contributed by atoms with Gasteiger partial charge in [0.2, 0.25) is 10.0 Å². The Morgan fingerprint density at radius 1 is 1.38 bits per heavy atom. The molecule has 0 aliphatic carbocycles. The lowest BCUT2D eigenvalue weighted by molar-refractivity contribution is -0.384. The van der Waals surface area contributed by atoms with Gasteiger partial charge in [-0.2, -0.15) is 4.31 Å². The molecule has 116 valence electrons. The van der Waals surface area contributed by atoms with Crippen LogP contribution in [0, 0.1) is 16.0 Å². The number of benzene rings is 1. The van der Waals surface area contributed by atoms with Crippen LogP contribution in [-0.4, -0.2) is 36.8 Å². The summed E-state index contributed by atoms with van der Waals surface area (Å²) < 4.78 is 26.7. The van der Waals surface area contributed by atoms with Gasteiger partial charge in [0.25, 0.3) is 5.69 Å². The van der Waals surface area contributed by atoms with Crippen LogP contribution >= 0.6 is 0 Å². The Hall–Kier alpha value is -1.51. The van der Waals surface area contributed by atoms with E-state index >= 15 is 0 Å². The van der Waals surface area contributed by atoms with E-state index in [4.69, 9.17) is 5.73 Å². The van der Waals surface area contributed by atoms with Crippen LogP contribution in [0.5, 0.6) is 0 Å². The Labute approximate surface area is 123 Å². The maximum absolute atomic E-state index is 12.6. The first-order valence-corrected chi connectivity index (χ1v) is 8.26. The van der Waals surface area contributed by atoms with Gasteiger partial charge in [0.1, 0.15) is 0 Å². The van der Waals surface area contributed by atoms with Gasteiger partial charge in [-0.1, -0.05) is 6.92 Å². The standard InChI is InChI=1S/C13H19N3O4S/c1-10-6-7-15(12(8-10)9-14)21(19,20)13-4-2-11(3-5-13)16(17)18/h2-5,10,12H,6-9,14H2,1H3/t10-,12+/m1/s1. The Bertz CT molecular complexity index is 615. The zero-order chi connectivity index (χ0) is 15.6. The van der Waals surface area contributed by atoms with Gasteiger partial charge >= 0.3 is 0 Å². The number of sulfonamides is 1. The maximum Gasteiger partial charge on any atom is 0.269 e. The number of nitro groups is 1. The van der Waals surface area contributed by atoms with Crippen LogP contribution in [0.3, 0.4) is 0 Å². The van der Waals surface area contributed by atoms with Crippen LogP contribution in [0.25, 0.3) is 0 Å². The maximum atomic E-state index is 12.6. The molecule has 1 saturated heterocycles. The number of hydrogen-bond acceptors (Lipinski definition) is 5. The van der Waals surface area contributed by atoms with Gasteiger partial charge in [-0.05, 0) is 30.9 Å². The number of rotatable bonds is 4. The minimum Gasteiger partial charge on any atom is -0.329 e. The number of non-ortho nitro benzene ring substituents is 1. The van der Waals surface area contributed by atoms with Gasteiger partial charge in [0.15, 0.2) is 0 Å². The highest BCUT2D eigenvalue weighted by Crippen LogP contribution is 2.28. The first-order valence-electron chi connectivity index (χ1n) is 6.82. The summed E-state index contributed by atoms with van der Waals surface area (Å²) in [5.74, 6) is 0.446. The molecule has 8 heteroatoms. The van der Waals surface area contributed by atoms with E-state index in [1.54, 1.807) is 0 Å².